The van der Waals surface area contributed by atoms with Crippen LogP contribution >= 0.6 is 0 Å². The lowest BCUT2D eigenvalue weighted by Crippen LogP contribution is -2.39. The number of dihydropyridines is 1. The van der Waals surface area contributed by atoms with Crippen molar-refractivity contribution in [2.24, 2.45) is 4.99 Å². The van der Waals surface area contributed by atoms with Crippen LogP contribution < -0.4 is 5.32 Å². The molecule has 0 spiro atoms. The van der Waals surface area contributed by atoms with Gasteiger partial charge in [0.1, 0.15) is 0 Å². The highest BCUT2D eigenvalue weighted by atomic mass is 16.2. The summed E-state index contributed by atoms with van der Waals surface area (Å²) in [5.74, 6) is -0.0808. The van der Waals surface area contributed by atoms with Crippen LogP contribution in [0.4, 0.5) is 5.69 Å². The number of H-pyrrole nitrogens is 1. The molecule has 0 bridgehead atoms. The van der Waals surface area contributed by atoms with Gasteiger partial charge in [0.25, 0.3) is 0 Å². The Morgan fingerprint density at radius 1 is 1.41 bits per heavy atom. The first kappa shape index (κ1) is 17.1. The topological polar surface area (TPSA) is 77.6 Å². The van der Waals surface area contributed by atoms with E-state index in [-0.39, 0.29) is 18.2 Å². The molecule has 0 unspecified atom stereocenters. The van der Waals surface area contributed by atoms with Gasteiger partial charge in [-0.15, -0.1) is 0 Å². The number of hydrogen-bond donors (Lipinski definition) is 2. The van der Waals surface area contributed by atoms with E-state index in [0.717, 1.165) is 34.8 Å². The number of aromatic amines is 1. The molecule has 6 heteroatoms. The molecular weight excluding hydrogens is 340 g/mol. The van der Waals surface area contributed by atoms with E-state index in [2.05, 4.69) is 26.8 Å². The van der Waals surface area contributed by atoms with Crippen LogP contribution in [0.15, 0.2) is 46.5 Å². The molecule has 0 saturated carbocycles. The molecule has 2 N–H and O–H groups in total. The van der Waals surface area contributed by atoms with Crippen LogP contribution in [0.5, 0.6) is 0 Å². The van der Waals surface area contributed by atoms with E-state index in [0.29, 0.717) is 25.1 Å². The highest BCUT2D eigenvalue weighted by molar-refractivity contribution is 6.08. The van der Waals surface area contributed by atoms with Gasteiger partial charge in [-0.3, -0.25) is 14.6 Å². The average molecular weight is 360 g/mol. The zero-order valence-corrected chi connectivity index (χ0v) is 15.1. The Kier molecular flexibility index (Phi) is 4.51. The number of aromatic nitrogens is 1. The zero-order chi connectivity index (χ0) is 18.8. The summed E-state index contributed by atoms with van der Waals surface area (Å²) in [4.78, 5) is 34.3. The number of amides is 1. The summed E-state index contributed by atoms with van der Waals surface area (Å²) in [7, 11) is 0. The first-order chi connectivity index (χ1) is 13.2. The summed E-state index contributed by atoms with van der Waals surface area (Å²) >= 11 is 0. The molecular formula is C21H20N4O2. The maximum atomic E-state index is 12.9. The van der Waals surface area contributed by atoms with Crippen molar-refractivity contribution >= 4 is 29.2 Å². The van der Waals surface area contributed by atoms with Gasteiger partial charge in [-0.1, -0.05) is 18.7 Å². The van der Waals surface area contributed by atoms with Crippen LogP contribution in [0.1, 0.15) is 41.5 Å². The molecule has 0 atom stereocenters. The van der Waals surface area contributed by atoms with E-state index in [1.54, 1.807) is 17.2 Å². The summed E-state index contributed by atoms with van der Waals surface area (Å²) in [5.41, 5.74) is 10.8. The van der Waals surface area contributed by atoms with Crippen molar-refractivity contribution in [1.82, 2.24) is 9.88 Å². The van der Waals surface area contributed by atoms with Crippen molar-refractivity contribution in [3.05, 3.63) is 58.4 Å². The minimum absolute atomic E-state index is 0.0188. The molecule has 27 heavy (non-hydrogen) atoms. The number of hydrogen-bond acceptors (Lipinski definition) is 4. The number of aliphatic imine (C=N–C) groups is 1. The molecule has 3 heterocycles. The van der Waals surface area contributed by atoms with Gasteiger partial charge in [-0.2, -0.15) is 0 Å². The first-order valence-electron chi connectivity index (χ1n) is 9.08. The minimum atomic E-state index is -0.0620. The largest absolute Gasteiger partial charge is 0.355 e. The molecule has 0 radical (unpaired) electrons. The van der Waals surface area contributed by atoms with Gasteiger partial charge >= 0.3 is 0 Å². The fourth-order valence-electron chi connectivity index (χ4n) is 3.50. The fraction of sp³-hybridized carbons (Fsp3) is 0.286. The number of Topliss-reactive ketones (excluding diaryl/α,β-unsaturated/α-hetero) is 1. The number of carbonyl (C=O) groups is 2. The molecule has 1 aromatic heterocycles. The van der Waals surface area contributed by atoms with E-state index >= 15 is 0 Å². The van der Waals surface area contributed by atoms with Crippen LogP contribution in [0.25, 0.3) is 5.57 Å². The molecule has 0 fully saturated rings. The van der Waals surface area contributed by atoms with Crippen LogP contribution in [-0.2, 0) is 11.3 Å². The number of rotatable bonds is 4. The maximum absolute atomic E-state index is 12.9. The molecule has 6 nitrogen and oxygen atoms in total. The van der Waals surface area contributed by atoms with Crippen molar-refractivity contribution in [2.45, 2.75) is 26.3 Å². The van der Waals surface area contributed by atoms with E-state index < -0.39 is 0 Å². The SMILES string of the molecule is CCC(=O)N1CC(=O)c2c([nH]c(C3=CC=NCC3)c2NC2=C=C=CC=C2)C1. The molecule has 1 aromatic rings. The number of allylic oxidation sites excluding steroid dienone is 4. The predicted molar refractivity (Wildman–Crippen MR) is 105 cm³/mol. The summed E-state index contributed by atoms with van der Waals surface area (Å²) < 4.78 is 0. The quantitative estimate of drug-likeness (QED) is 0.811. The molecule has 2 aliphatic heterocycles. The van der Waals surface area contributed by atoms with Gasteiger partial charge in [-0.05, 0) is 36.0 Å². The number of fused-ring (bicyclic) bond motifs is 1. The second kappa shape index (κ2) is 7.12. The van der Waals surface area contributed by atoms with E-state index in [1.165, 1.54) is 0 Å². The lowest BCUT2D eigenvalue weighted by Gasteiger charge is -2.26. The summed E-state index contributed by atoms with van der Waals surface area (Å²) in [6.07, 6.45) is 10.5. The standard InChI is InChI=1S/C21H20N4O2/c1-2-18(27)25-12-16-19(17(26)13-25)21(23-15-6-4-3-5-7-15)20(24-16)14-8-10-22-11-9-14/h3-4,6,8,10,23-24H,2,9,11-13H2,1H3. The second-order valence-corrected chi connectivity index (χ2v) is 6.59. The van der Waals surface area contributed by atoms with Crippen molar-refractivity contribution in [2.75, 3.05) is 18.4 Å². The van der Waals surface area contributed by atoms with Crippen molar-refractivity contribution in [3.63, 3.8) is 0 Å². The highest BCUT2D eigenvalue weighted by Crippen LogP contribution is 2.36. The maximum Gasteiger partial charge on any atom is 0.223 e. The number of nitrogens with one attached hydrogen (secondary N) is 2. The van der Waals surface area contributed by atoms with Crippen molar-refractivity contribution < 1.29 is 9.59 Å². The smallest absolute Gasteiger partial charge is 0.223 e. The molecule has 1 amide bonds. The number of anilines is 1. The van der Waals surface area contributed by atoms with Gasteiger partial charge in [0.15, 0.2) is 5.78 Å². The van der Waals surface area contributed by atoms with Crippen LogP contribution in [-0.4, -0.2) is 40.9 Å². The summed E-state index contributed by atoms with van der Waals surface area (Å²) in [6, 6.07) is 0. The number of nitrogens with zero attached hydrogens (tertiary/aromatic N) is 2. The normalized spacial score (nSPS) is 17.7. The number of ketones is 1. The Bertz CT molecular complexity index is 1010. The molecule has 4 rings (SSSR count). The predicted octanol–water partition coefficient (Wildman–Crippen LogP) is 2.98. The average Bonchev–Trinajstić information content (AvgIpc) is 3.07. The van der Waals surface area contributed by atoms with Gasteiger partial charge in [-0.25, -0.2) is 0 Å². The molecule has 0 saturated heterocycles. The van der Waals surface area contributed by atoms with Gasteiger partial charge in [0.05, 0.1) is 35.7 Å². The van der Waals surface area contributed by atoms with Gasteiger partial charge < -0.3 is 15.2 Å². The Morgan fingerprint density at radius 2 is 2.30 bits per heavy atom. The Balaban J connectivity index is 1.81. The Morgan fingerprint density at radius 3 is 3.00 bits per heavy atom. The third kappa shape index (κ3) is 3.24. The highest BCUT2D eigenvalue weighted by Gasteiger charge is 2.32. The molecule has 0 aromatic carbocycles. The Hall–Kier alpha value is -3.33. The summed E-state index contributed by atoms with van der Waals surface area (Å²) in [5, 5.41) is 3.34. The van der Waals surface area contributed by atoms with Crippen molar-refractivity contribution in [3.8, 4) is 0 Å². The monoisotopic (exact) mass is 360 g/mol. The van der Waals surface area contributed by atoms with Crippen LogP contribution in [0, 0.1) is 0 Å². The van der Waals surface area contributed by atoms with Gasteiger partial charge in [0.2, 0.25) is 5.91 Å². The molecule has 1 aliphatic carbocycles. The zero-order valence-electron chi connectivity index (χ0n) is 15.1. The van der Waals surface area contributed by atoms with Crippen LogP contribution in [0.2, 0.25) is 0 Å². The minimum Gasteiger partial charge on any atom is -0.355 e. The van der Waals surface area contributed by atoms with Crippen molar-refractivity contribution in [1.29, 1.82) is 0 Å². The Labute approximate surface area is 157 Å². The number of carbonyl (C=O) groups excluding carboxylic acids is 2. The second-order valence-electron chi connectivity index (χ2n) is 6.59. The summed E-state index contributed by atoms with van der Waals surface area (Å²) in [6.45, 7) is 3.04. The lowest BCUT2D eigenvalue weighted by atomic mass is 10.00. The van der Waals surface area contributed by atoms with Crippen LogP contribution in [0.3, 0.4) is 0 Å². The van der Waals surface area contributed by atoms with E-state index in [4.69, 9.17) is 0 Å². The van der Waals surface area contributed by atoms with Gasteiger partial charge in [0, 0.05) is 24.9 Å². The fourth-order valence-corrected chi connectivity index (χ4v) is 3.50. The third-order valence-electron chi connectivity index (χ3n) is 4.82. The van der Waals surface area contributed by atoms with E-state index in [9.17, 15) is 9.59 Å². The molecule has 136 valence electrons. The molecule has 3 aliphatic rings. The lowest BCUT2D eigenvalue weighted by molar-refractivity contribution is -0.131. The first-order valence-corrected chi connectivity index (χ1v) is 9.08. The van der Waals surface area contributed by atoms with E-state index in [1.807, 2.05) is 25.2 Å². The third-order valence-corrected chi connectivity index (χ3v) is 4.82.